The Labute approximate surface area is 93.6 Å². The van der Waals surface area contributed by atoms with E-state index in [1.54, 1.807) is 0 Å². The van der Waals surface area contributed by atoms with Crippen molar-refractivity contribution in [1.82, 2.24) is 0 Å². The summed E-state index contributed by atoms with van der Waals surface area (Å²) < 4.78 is 31.2. The van der Waals surface area contributed by atoms with E-state index in [-0.39, 0.29) is 5.25 Å². The minimum atomic E-state index is -4.40. The molecular formula is C9H13O4S2-. The molecule has 0 radical (unpaired) electrons. The van der Waals surface area contributed by atoms with Gasteiger partial charge in [-0.2, -0.15) is 0 Å². The average molecular weight is 249 g/mol. The number of thioether (sulfide) groups is 1. The molecule has 2 saturated carbocycles. The van der Waals surface area contributed by atoms with Crippen LogP contribution in [-0.2, 0) is 14.9 Å². The molecule has 4 nitrogen and oxygen atoms in total. The van der Waals surface area contributed by atoms with Crippen LogP contribution in [0.15, 0.2) is 0 Å². The molecule has 0 heterocycles. The Bertz CT molecular complexity index is 362. The number of carbonyl (C=O) groups excluding carboxylic acids is 1. The zero-order chi connectivity index (χ0) is 11.1. The van der Waals surface area contributed by atoms with Gasteiger partial charge in [-0.3, -0.25) is 4.79 Å². The van der Waals surface area contributed by atoms with Crippen LogP contribution in [0.5, 0.6) is 0 Å². The van der Waals surface area contributed by atoms with Crippen LogP contribution in [0.3, 0.4) is 0 Å². The van der Waals surface area contributed by atoms with Crippen molar-refractivity contribution in [2.75, 3.05) is 5.75 Å². The van der Waals surface area contributed by atoms with Crippen molar-refractivity contribution >= 4 is 27.0 Å². The third kappa shape index (κ3) is 2.95. The summed E-state index contributed by atoms with van der Waals surface area (Å²) >= 11 is 1.08. The second-order valence-corrected chi connectivity index (χ2v) is 7.11. The van der Waals surface area contributed by atoms with Gasteiger partial charge in [-0.1, -0.05) is 18.2 Å². The Hall–Kier alpha value is -0.0700. The predicted octanol–water partition coefficient (Wildman–Crippen LogP) is 0.980. The first-order valence-electron chi connectivity index (χ1n) is 5.07. The third-order valence-corrected chi connectivity index (χ3v) is 5.34. The van der Waals surface area contributed by atoms with Crippen LogP contribution in [0, 0.1) is 11.8 Å². The molecule has 15 heavy (non-hydrogen) atoms. The van der Waals surface area contributed by atoms with E-state index in [9.17, 15) is 17.8 Å². The molecule has 2 aliphatic carbocycles. The summed E-state index contributed by atoms with van der Waals surface area (Å²) in [6, 6.07) is 0. The van der Waals surface area contributed by atoms with Crippen LogP contribution in [0.4, 0.5) is 0 Å². The first-order valence-corrected chi connectivity index (χ1v) is 7.53. The maximum Gasteiger partial charge on any atom is 0.203 e. The van der Waals surface area contributed by atoms with Crippen LogP contribution < -0.4 is 0 Å². The van der Waals surface area contributed by atoms with Gasteiger partial charge in [0, 0.05) is 5.25 Å². The van der Waals surface area contributed by atoms with Crippen LogP contribution >= 0.6 is 11.8 Å². The van der Waals surface area contributed by atoms with Gasteiger partial charge in [0.15, 0.2) is 0 Å². The first kappa shape index (κ1) is 11.4. The topological polar surface area (TPSA) is 74.3 Å². The molecule has 0 aromatic carbocycles. The highest BCUT2D eigenvalue weighted by Gasteiger charge is 2.40. The minimum absolute atomic E-state index is 0.262. The quantitative estimate of drug-likeness (QED) is 0.697. The van der Waals surface area contributed by atoms with Crippen molar-refractivity contribution in [3.05, 3.63) is 0 Å². The van der Waals surface area contributed by atoms with Crippen molar-refractivity contribution in [1.29, 1.82) is 0 Å². The highest BCUT2D eigenvalue weighted by atomic mass is 32.2. The maximum absolute atomic E-state index is 11.3. The van der Waals surface area contributed by atoms with Crippen LogP contribution in [0.1, 0.15) is 25.7 Å². The van der Waals surface area contributed by atoms with E-state index >= 15 is 0 Å². The van der Waals surface area contributed by atoms with Gasteiger partial charge in [0.25, 0.3) is 0 Å². The van der Waals surface area contributed by atoms with Crippen molar-refractivity contribution in [2.24, 2.45) is 11.8 Å². The molecule has 3 unspecified atom stereocenters. The van der Waals surface area contributed by atoms with E-state index in [1.807, 2.05) is 0 Å². The van der Waals surface area contributed by atoms with Crippen molar-refractivity contribution in [2.45, 2.75) is 30.9 Å². The molecule has 3 atom stereocenters. The van der Waals surface area contributed by atoms with Gasteiger partial charge in [-0.15, -0.1) is 0 Å². The largest absolute Gasteiger partial charge is 0.748 e. The third-order valence-electron chi connectivity index (χ3n) is 3.25. The molecule has 2 rings (SSSR count). The summed E-state index contributed by atoms with van der Waals surface area (Å²) in [5.74, 6) is 0.438. The van der Waals surface area contributed by atoms with Crippen molar-refractivity contribution < 1.29 is 17.8 Å². The smallest absolute Gasteiger partial charge is 0.203 e. The fourth-order valence-electron chi connectivity index (χ4n) is 2.68. The van der Waals surface area contributed by atoms with Crippen molar-refractivity contribution in [3.63, 3.8) is 0 Å². The Balaban J connectivity index is 1.85. The summed E-state index contributed by atoms with van der Waals surface area (Å²) in [6.45, 7) is 0. The number of fused-ring (bicyclic) bond motifs is 2. The molecule has 0 saturated heterocycles. The van der Waals surface area contributed by atoms with E-state index in [0.717, 1.165) is 30.5 Å². The SMILES string of the molecule is O=C(CS(=O)(=O)[O-])SC1CC2CCC1C2. The molecule has 0 aliphatic heterocycles. The normalized spacial score (nSPS) is 34.6. The fraction of sp³-hybridized carbons (Fsp3) is 0.889. The van der Waals surface area contributed by atoms with Crippen LogP contribution in [0.2, 0.25) is 0 Å². The molecule has 0 N–H and O–H groups in total. The van der Waals surface area contributed by atoms with E-state index in [0.29, 0.717) is 5.92 Å². The highest BCUT2D eigenvalue weighted by Crippen LogP contribution is 2.49. The van der Waals surface area contributed by atoms with Gasteiger partial charge < -0.3 is 4.55 Å². The Kier molecular flexibility index (Phi) is 3.10. The molecule has 6 heteroatoms. The molecule has 0 aromatic heterocycles. The second kappa shape index (κ2) is 4.07. The molecule has 2 fully saturated rings. The van der Waals surface area contributed by atoms with Gasteiger partial charge in [0.1, 0.15) is 15.9 Å². The molecule has 2 aliphatic rings. The van der Waals surface area contributed by atoms with Gasteiger partial charge in [-0.25, -0.2) is 8.42 Å². The zero-order valence-corrected chi connectivity index (χ0v) is 9.85. The van der Waals surface area contributed by atoms with Gasteiger partial charge in [0.05, 0.1) is 0 Å². The summed E-state index contributed by atoms with van der Waals surface area (Å²) in [5, 5.41) is -0.222. The minimum Gasteiger partial charge on any atom is -0.748 e. The van der Waals surface area contributed by atoms with Crippen LogP contribution in [0.25, 0.3) is 0 Å². The Morgan fingerprint density at radius 3 is 2.53 bits per heavy atom. The molecule has 0 amide bonds. The monoisotopic (exact) mass is 249 g/mol. The summed E-state index contributed by atoms with van der Waals surface area (Å²) in [5.41, 5.74) is 0. The lowest BCUT2D eigenvalue weighted by molar-refractivity contribution is -0.108. The molecule has 86 valence electrons. The maximum atomic E-state index is 11.3. The van der Waals surface area contributed by atoms with Crippen molar-refractivity contribution in [3.8, 4) is 0 Å². The number of hydrogen-bond acceptors (Lipinski definition) is 5. The van der Waals surface area contributed by atoms with E-state index < -0.39 is 21.0 Å². The second-order valence-electron chi connectivity index (χ2n) is 4.41. The number of carbonyl (C=O) groups is 1. The first-order chi connectivity index (χ1) is 6.94. The summed E-state index contributed by atoms with van der Waals surface area (Å²) in [4.78, 5) is 11.3. The van der Waals surface area contributed by atoms with Gasteiger partial charge in [0.2, 0.25) is 5.12 Å². The average Bonchev–Trinajstić information content (AvgIpc) is 2.60. The molecule has 0 aromatic rings. The lowest BCUT2D eigenvalue weighted by atomic mass is 10.0. The van der Waals surface area contributed by atoms with Crippen LogP contribution in [-0.4, -0.2) is 29.1 Å². The Morgan fingerprint density at radius 1 is 1.33 bits per heavy atom. The Morgan fingerprint density at radius 2 is 2.07 bits per heavy atom. The lowest BCUT2D eigenvalue weighted by Gasteiger charge is -2.20. The summed E-state index contributed by atoms with van der Waals surface area (Å²) in [6.07, 6.45) is 4.59. The standard InChI is InChI=1S/C9H14O4S2/c10-9(5-15(11,12)13)14-8-4-6-1-2-7(8)3-6/h6-8H,1-5H2,(H,11,12,13)/p-1. The van der Waals surface area contributed by atoms with E-state index in [2.05, 4.69) is 0 Å². The molecule has 2 bridgehead atoms. The highest BCUT2D eigenvalue weighted by molar-refractivity contribution is 8.15. The molecular weight excluding hydrogens is 236 g/mol. The number of rotatable bonds is 3. The van der Waals surface area contributed by atoms with E-state index in [1.165, 1.54) is 12.8 Å². The fourth-order valence-corrected chi connectivity index (χ4v) is 4.82. The predicted molar refractivity (Wildman–Crippen MR) is 56.4 cm³/mol. The van der Waals surface area contributed by atoms with E-state index in [4.69, 9.17) is 0 Å². The lowest BCUT2D eigenvalue weighted by Crippen LogP contribution is -2.19. The van der Waals surface area contributed by atoms with Gasteiger partial charge in [-0.05, 0) is 31.1 Å². The zero-order valence-electron chi connectivity index (χ0n) is 8.22. The molecule has 0 spiro atoms. The van der Waals surface area contributed by atoms with Gasteiger partial charge >= 0.3 is 0 Å². The summed E-state index contributed by atoms with van der Waals surface area (Å²) in [7, 11) is -4.40. The number of hydrogen-bond donors (Lipinski definition) is 0.